The Balaban J connectivity index is 4.10. The van der Waals surface area contributed by atoms with E-state index in [-0.39, 0.29) is 9.28 Å². The van der Waals surface area contributed by atoms with Gasteiger partial charge in [0.25, 0.3) is 0 Å². The number of rotatable bonds is 3. The molecule has 5 heteroatoms. The lowest BCUT2D eigenvalue weighted by Crippen LogP contribution is -2.57. The van der Waals surface area contributed by atoms with E-state index in [1.165, 1.54) is 0 Å². The summed E-state index contributed by atoms with van der Waals surface area (Å²) in [4.78, 5) is 0. The number of hydrogen-bond acceptors (Lipinski definition) is 1. The van der Waals surface area contributed by atoms with Gasteiger partial charge in [-0.05, 0) is 0 Å². The SMILES string of the molecule is C[Si](C)(C)[Si](C)(C)[SiH2]O[SiH3]. The van der Waals surface area contributed by atoms with E-state index in [0.29, 0.717) is 0 Å². The predicted octanol–water partition coefficient (Wildman–Crippen LogP) is -0.0111. The monoisotopic (exact) mass is 208 g/mol. The Bertz CT molecular complexity index is 107. The smallest absolute Gasteiger partial charge is 0.131 e. The summed E-state index contributed by atoms with van der Waals surface area (Å²) >= 11 is 0. The second-order valence-corrected chi connectivity index (χ2v) is 32.3. The maximum atomic E-state index is 5.51. The third kappa shape index (κ3) is 2.83. The van der Waals surface area contributed by atoms with Gasteiger partial charge in [0, 0.05) is 7.59 Å². The average Bonchev–Trinajstić information content (AvgIpc) is 1.61. The highest BCUT2D eigenvalue weighted by Crippen LogP contribution is 2.16. The zero-order valence-corrected chi connectivity index (χ0v) is 13.5. The van der Waals surface area contributed by atoms with E-state index in [9.17, 15) is 0 Å². The van der Waals surface area contributed by atoms with Crippen molar-refractivity contribution in [1.29, 1.82) is 0 Å². The number of hydrogen-bond donors (Lipinski definition) is 0. The summed E-state index contributed by atoms with van der Waals surface area (Å²) in [6.07, 6.45) is 0. The van der Waals surface area contributed by atoms with Crippen LogP contribution in [0.1, 0.15) is 0 Å². The fourth-order valence-corrected chi connectivity index (χ4v) is 19.5. The topological polar surface area (TPSA) is 9.23 Å². The van der Waals surface area contributed by atoms with Gasteiger partial charge in [-0.2, -0.15) is 0 Å². The predicted molar refractivity (Wildman–Crippen MR) is 60.4 cm³/mol. The molecule has 0 aliphatic carbocycles. The molecule has 0 aromatic carbocycles. The van der Waals surface area contributed by atoms with Gasteiger partial charge in [0.15, 0.2) is 0 Å². The van der Waals surface area contributed by atoms with Crippen molar-refractivity contribution >= 4 is 34.5 Å². The van der Waals surface area contributed by atoms with Crippen LogP contribution in [-0.4, -0.2) is 34.5 Å². The van der Waals surface area contributed by atoms with Crippen LogP contribution in [0.25, 0.3) is 0 Å². The molecule has 0 saturated heterocycles. The molecular formula is C5H20OSi4. The van der Waals surface area contributed by atoms with Gasteiger partial charge in [-0.25, -0.2) is 0 Å². The van der Waals surface area contributed by atoms with Gasteiger partial charge in [-0.3, -0.25) is 0 Å². The van der Waals surface area contributed by atoms with Crippen molar-refractivity contribution in [2.45, 2.75) is 32.7 Å². The molecule has 0 radical (unpaired) electrons. The lowest BCUT2D eigenvalue weighted by Gasteiger charge is -2.34. The third-order valence-corrected chi connectivity index (χ3v) is 36.3. The molecule has 0 aromatic rings. The summed E-state index contributed by atoms with van der Waals surface area (Å²) in [6.45, 7) is 12.5. The van der Waals surface area contributed by atoms with E-state index in [1.54, 1.807) is 0 Å². The van der Waals surface area contributed by atoms with Gasteiger partial charge < -0.3 is 4.12 Å². The van der Waals surface area contributed by atoms with Crippen LogP contribution in [-0.2, 0) is 4.12 Å². The molecule has 62 valence electrons. The van der Waals surface area contributed by atoms with Crippen LogP contribution in [0.4, 0.5) is 0 Å². The first kappa shape index (κ1) is 10.8. The van der Waals surface area contributed by atoms with Crippen LogP contribution >= 0.6 is 0 Å². The zero-order chi connectivity index (χ0) is 8.41. The molecule has 0 unspecified atom stereocenters. The van der Waals surface area contributed by atoms with Crippen LogP contribution in [0.15, 0.2) is 0 Å². The summed E-state index contributed by atoms with van der Waals surface area (Å²) in [7, 11) is -0.743. The van der Waals surface area contributed by atoms with E-state index in [4.69, 9.17) is 4.12 Å². The molecule has 0 fully saturated rings. The minimum Gasteiger partial charge on any atom is -0.471 e. The van der Waals surface area contributed by atoms with Crippen molar-refractivity contribution in [1.82, 2.24) is 0 Å². The van der Waals surface area contributed by atoms with E-state index >= 15 is 0 Å². The Morgan fingerprint density at radius 3 is 1.60 bits per heavy atom. The van der Waals surface area contributed by atoms with Crippen molar-refractivity contribution in [3.63, 3.8) is 0 Å². The summed E-state index contributed by atoms with van der Waals surface area (Å²) < 4.78 is 5.51. The van der Waals surface area contributed by atoms with E-state index in [1.807, 2.05) is 0 Å². The summed E-state index contributed by atoms with van der Waals surface area (Å²) in [5.74, 6) is 0. The van der Waals surface area contributed by atoms with Crippen molar-refractivity contribution in [2.24, 2.45) is 0 Å². The highest BCUT2D eigenvalue weighted by atomic mass is 29.6. The molecule has 0 aliphatic rings. The maximum Gasteiger partial charge on any atom is 0.131 e. The van der Waals surface area contributed by atoms with Crippen LogP contribution in [0.2, 0.25) is 32.7 Å². The Hall–Kier alpha value is 0.828. The Labute approximate surface area is 71.6 Å². The highest BCUT2D eigenvalue weighted by Gasteiger charge is 2.36. The van der Waals surface area contributed by atoms with Crippen LogP contribution < -0.4 is 0 Å². The molecule has 0 heterocycles. The first-order chi connectivity index (χ1) is 4.31. The maximum absolute atomic E-state index is 5.51. The van der Waals surface area contributed by atoms with E-state index in [2.05, 4.69) is 32.7 Å². The third-order valence-electron chi connectivity index (χ3n) is 2.54. The lowest BCUT2D eigenvalue weighted by atomic mass is 11.8. The van der Waals surface area contributed by atoms with Gasteiger partial charge in [0.2, 0.25) is 0 Å². The minimum absolute atomic E-state index is 0.0922. The van der Waals surface area contributed by atoms with Crippen molar-refractivity contribution in [2.75, 3.05) is 0 Å². The molecule has 0 rings (SSSR count). The van der Waals surface area contributed by atoms with Gasteiger partial charge in [-0.15, -0.1) is 0 Å². The summed E-state index contributed by atoms with van der Waals surface area (Å²) in [6, 6.07) is 0. The lowest BCUT2D eigenvalue weighted by molar-refractivity contribution is 0.680. The minimum atomic E-state index is -0.815. The van der Waals surface area contributed by atoms with Gasteiger partial charge in [0.05, 0.1) is 7.11 Å². The second-order valence-electron chi connectivity index (χ2n) is 4.57. The van der Waals surface area contributed by atoms with Gasteiger partial charge >= 0.3 is 0 Å². The molecule has 0 N–H and O–H groups in total. The van der Waals surface area contributed by atoms with Gasteiger partial charge in [0.1, 0.15) is 19.8 Å². The Morgan fingerprint density at radius 1 is 1.10 bits per heavy atom. The molecule has 0 aromatic heterocycles. The van der Waals surface area contributed by atoms with Crippen LogP contribution in [0, 0.1) is 0 Å². The molecule has 0 bridgehead atoms. The van der Waals surface area contributed by atoms with Gasteiger partial charge in [-0.1, -0.05) is 32.7 Å². The second kappa shape index (κ2) is 3.48. The molecule has 10 heavy (non-hydrogen) atoms. The highest BCUT2D eigenvalue weighted by molar-refractivity contribution is 7.59. The molecule has 0 saturated carbocycles. The molecule has 0 amide bonds. The average molecular weight is 209 g/mol. The fraction of sp³-hybridized carbons (Fsp3) is 1.00. The van der Waals surface area contributed by atoms with Crippen molar-refractivity contribution < 1.29 is 4.12 Å². The molecule has 0 atom stereocenters. The molecule has 0 spiro atoms. The fourth-order valence-electron chi connectivity index (χ4n) is 0.577. The Kier molecular flexibility index (Phi) is 3.77. The standard InChI is InChI=1S/C5H20OSi4/c1-9(2,3)10(4,5)8-6-7/h8H2,1-5,7H3. The zero-order valence-electron chi connectivity index (χ0n) is 8.12. The molecule has 0 aliphatic heterocycles. The largest absolute Gasteiger partial charge is 0.471 e. The normalized spacial score (nSPS) is 15.3. The van der Waals surface area contributed by atoms with E-state index in [0.717, 1.165) is 10.5 Å². The van der Waals surface area contributed by atoms with Crippen LogP contribution in [0.5, 0.6) is 0 Å². The quantitative estimate of drug-likeness (QED) is 0.593. The van der Waals surface area contributed by atoms with Crippen molar-refractivity contribution in [3.05, 3.63) is 0 Å². The first-order valence-electron chi connectivity index (χ1n) is 3.80. The summed E-state index contributed by atoms with van der Waals surface area (Å²) in [5, 5.41) is 0. The van der Waals surface area contributed by atoms with Crippen molar-refractivity contribution in [3.8, 4) is 0 Å². The van der Waals surface area contributed by atoms with Crippen LogP contribution in [0.3, 0.4) is 0 Å². The van der Waals surface area contributed by atoms with E-state index < -0.39 is 14.7 Å². The summed E-state index contributed by atoms with van der Waals surface area (Å²) in [5.41, 5.74) is 0. The molecular weight excluding hydrogens is 188 g/mol. The molecule has 1 nitrogen and oxygen atoms in total. The Morgan fingerprint density at radius 2 is 1.50 bits per heavy atom. The first-order valence-corrected chi connectivity index (χ1v) is 15.0.